The van der Waals surface area contributed by atoms with Gasteiger partial charge in [0.1, 0.15) is 6.04 Å². The number of halogens is 3. The Kier molecular flexibility index (Phi) is 6.40. The smallest absolute Gasteiger partial charge is 0.345 e. The number of carbonyl (C=O) groups is 3. The number of amides is 3. The molecule has 0 aliphatic carbocycles. The van der Waals surface area contributed by atoms with Crippen molar-refractivity contribution in [1.29, 1.82) is 0 Å². The summed E-state index contributed by atoms with van der Waals surface area (Å²) < 4.78 is 39.4. The van der Waals surface area contributed by atoms with Gasteiger partial charge < -0.3 is 16.0 Å². The second-order valence-electron chi connectivity index (χ2n) is 5.95. The lowest BCUT2D eigenvalue weighted by molar-refractivity contribution is -0.137. The quantitative estimate of drug-likeness (QED) is 0.728. The monoisotopic (exact) mass is 393 g/mol. The maximum atomic E-state index is 13.1. The molecular formula is C19H18F3N3O3. The van der Waals surface area contributed by atoms with Gasteiger partial charge in [0.15, 0.2) is 0 Å². The lowest BCUT2D eigenvalue weighted by Crippen LogP contribution is -2.40. The Morgan fingerprint density at radius 3 is 2.00 bits per heavy atom. The highest BCUT2D eigenvalue weighted by Gasteiger charge is 2.35. The van der Waals surface area contributed by atoms with E-state index in [1.807, 2.05) is 0 Å². The summed E-state index contributed by atoms with van der Waals surface area (Å²) >= 11 is 0. The minimum Gasteiger partial charge on any atom is -0.345 e. The molecule has 0 fully saturated rings. The largest absolute Gasteiger partial charge is 0.417 e. The van der Waals surface area contributed by atoms with Crippen LogP contribution in [0.3, 0.4) is 0 Å². The molecule has 2 aromatic rings. The molecule has 2 aromatic carbocycles. The molecule has 0 saturated carbocycles. The maximum absolute atomic E-state index is 13.1. The molecule has 28 heavy (non-hydrogen) atoms. The molecule has 0 saturated heterocycles. The molecule has 0 aromatic heterocycles. The molecule has 0 aliphatic heterocycles. The topological polar surface area (TPSA) is 87.3 Å². The molecule has 3 amide bonds. The number of anilines is 2. The van der Waals surface area contributed by atoms with Crippen LogP contribution in [0.2, 0.25) is 0 Å². The second kappa shape index (κ2) is 8.55. The van der Waals surface area contributed by atoms with Crippen molar-refractivity contribution in [2.24, 2.45) is 0 Å². The third-order valence-electron chi connectivity index (χ3n) is 3.72. The van der Waals surface area contributed by atoms with E-state index in [0.29, 0.717) is 0 Å². The van der Waals surface area contributed by atoms with Crippen molar-refractivity contribution in [1.82, 2.24) is 5.32 Å². The average molecular weight is 393 g/mol. The van der Waals surface area contributed by atoms with Crippen LogP contribution >= 0.6 is 0 Å². The first-order valence-corrected chi connectivity index (χ1v) is 8.24. The van der Waals surface area contributed by atoms with Crippen LogP contribution in [0.25, 0.3) is 0 Å². The normalized spacial score (nSPS) is 12.0. The average Bonchev–Trinajstić information content (AvgIpc) is 2.62. The lowest BCUT2D eigenvalue weighted by Gasteiger charge is -2.17. The summed E-state index contributed by atoms with van der Waals surface area (Å²) in [6.45, 7) is 2.73. The van der Waals surface area contributed by atoms with Gasteiger partial charge in [0, 0.05) is 6.92 Å². The number of para-hydroxylation sites is 2. The summed E-state index contributed by atoms with van der Waals surface area (Å²) in [5.41, 5.74) is -1.30. The van der Waals surface area contributed by atoms with Gasteiger partial charge in [-0.05, 0) is 31.2 Å². The van der Waals surface area contributed by atoms with Gasteiger partial charge in [-0.2, -0.15) is 13.2 Å². The number of nitrogens with one attached hydrogen (secondary N) is 3. The minimum absolute atomic E-state index is 0.118. The van der Waals surface area contributed by atoms with Gasteiger partial charge >= 0.3 is 6.18 Å². The fourth-order valence-electron chi connectivity index (χ4n) is 2.43. The first kappa shape index (κ1) is 20.9. The van der Waals surface area contributed by atoms with Gasteiger partial charge in [0.2, 0.25) is 11.8 Å². The van der Waals surface area contributed by atoms with E-state index in [2.05, 4.69) is 16.0 Å². The van der Waals surface area contributed by atoms with Gasteiger partial charge in [-0.1, -0.05) is 24.3 Å². The van der Waals surface area contributed by atoms with Gasteiger partial charge in [0.25, 0.3) is 5.91 Å². The first-order valence-electron chi connectivity index (χ1n) is 8.24. The number of carbonyl (C=O) groups excluding carboxylic acids is 3. The SMILES string of the molecule is CC(=O)NC(C)C(=O)Nc1ccccc1NC(=O)c1ccccc1C(F)(F)F. The number of alkyl halides is 3. The Balaban J connectivity index is 2.24. The third-order valence-corrected chi connectivity index (χ3v) is 3.72. The van der Waals surface area contributed by atoms with Crippen LogP contribution in [-0.2, 0) is 15.8 Å². The Bertz CT molecular complexity index is 897. The second-order valence-corrected chi connectivity index (χ2v) is 5.95. The fourth-order valence-corrected chi connectivity index (χ4v) is 2.43. The van der Waals surface area contributed by atoms with E-state index in [4.69, 9.17) is 0 Å². The van der Waals surface area contributed by atoms with Crippen LogP contribution in [0, 0.1) is 0 Å². The number of hydrogen-bond acceptors (Lipinski definition) is 3. The van der Waals surface area contributed by atoms with Crippen LogP contribution in [0.1, 0.15) is 29.8 Å². The van der Waals surface area contributed by atoms with Crippen molar-refractivity contribution in [3.05, 3.63) is 59.7 Å². The van der Waals surface area contributed by atoms with Crippen molar-refractivity contribution in [2.75, 3.05) is 10.6 Å². The first-order chi connectivity index (χ1) is 13.1. The molecule has 1 unspecified atom stereocenters. The molecule has 2 rings (SSSR count). The molecule has 0 aliphatic rings. The molecule has 148 valence electrons. The molecule has 0 heterocycles. The molecule has 9 heteroatoms. The summed E-state index contributed by atoms with van der Waals surface area (Å²) in [6, 6.07) is 9.61. The summed E-state index contributed by atoms with van der Waals surface area (Å²) in [5, 5.41) is 7.32. The number of benzene rings is 2. The van der Waals surface area contributed by atoms with E-state index in [1.165, 1.54) is 38.1 Å². The van der Waals surface area contributed by atoms with E-state index >= 15 is 0 Å². The maximum Gasteiger partial charge on any atom is 0.417 e. The van der Waals surface area contributed by atoms with Crippen molar-refractivity contribution < 1.29 is 27.6 Å². The molecular weight excluding hydrogens is 375 g/mol. The highest BCUT2D eigenvalue weighted by molar-refractivity contribution is 6.08. The van der Waals surface area contributed by atoms with Gasteiger partial charge in [-0.15, -0.1) is 0 Å². The number of rotatable bonds is 5. The number of hydrogen-bond donors (Lipinski definition) is 3. The fraction of sp³-hybridized carbons (Fsp3) is 0.211. The highest BCUT2D eigenvalue weighted by Crippen LogP contribution is 2.32. The molecule has 0 spiro atoms. The molecule has 3 N–H and O–H groups in total. The standard InChI is InChI=1S/C19H18F3N3O3/c1-11(23-12(2)26)17(27)24-15-9-5-6-10-16(15)25-18(28)13-7-3-4-8-14(13)19(20,21)22/h3-11H,1-2H3,(H,23,26)(H,24,27)(H,25,28). The molecule has 6 nitrogen and oxygen atoms in total. The summed E-state index contributed by atoms with van der Waals surface area (Å²) in [7, 11) is 0. The summed E-state index contributed by atoms with van der Waals surface area (Å²) in [4.78, 5) is 35.6. The predicted octanol–water partition coefficient (Wildman–Crippen LogP) is 3.42. The van der Waals surface area contributed by atoms with Crippen LogP contribution < -0.4 is 16.0 Å². The van der Waals surface area contributed by atoms with Crippen LogP contribution in [0.5, 0.6) is 0 Å². The van der Waals surface area contributed by atoms with Crippen molar-refractivity contribution in [3.8, 4) is 0 Å². The summed E-state index contributed by atoms with van der Waals surface area (Å²) in [5.74, 6) is -1.91. The van der Waals surface area contributed by atoms with Crippen molar-refractivity contribution >= 4 is 29.1 Å². The van der Waals surface area contributed by atoms with Crippen molar-refractivity contribution in [2.45, 2.75) is 26.1 Å². The Hall–Kier alpha value is -3.36. The zero-order valence-electron chi connectivity index (χ0n) is 15.1. The highest BCUT2D eigenvalue weighted by atomic mass is 19.4. The molecule has 0 radical (unpaired) electrons. The van der Waals surface area contributed by atoms with Gasteiger partial charge in [0.05, 0.1) is 22.5 Å². The van der Waals surface area contributed by atoms with Gasteiger partial charge in [-0.3, -0.25) is 14.4 Å². The van der Waals surface area contributed by atoms with E-state index in [1.54, 1.807) is 12.1 Å². The predicted molar refractivity (Wildman–Crippen MR) is 97.7 cm³/mol. The zero-order valence-corrected chi connectivity index (χ0v) is 15.1. The van der Waals surface area contributed by atoms with Crippen LogP contribution in [0.4, 0.5) is 24.5 Å². The lowest BCUT2D eigenvalue weighted by atomic mass is 10.1. The molecule has 1 atom stereocenters. The van der Waals surface area contributed by atoms with Gasteiger partial charge in [-0.25, -0.2) is 0 Å². The minimum atomic E-state index is -4.69. The van der Waals surface area contributed by atoms with Crippen LogP contribution in [-0.4, -0.2) is 23.8 Å². The Labute approximate surface area is 159 Å². The van der Waals surface area contributed by atoms with E-state index < -0.39 is 41.1 Å². The zero-order chi connectivity index (χ0) is 20.9. The van der Waals surface area contributed by atoms with Crippen LogP contribution in [0.15, 0.2) is 48.5 Å². The van der Waals surface area contributed by atoms with E-state index in [9.17, 15) is 27.6 Å². The Morgan fingerprint density at radius 2 is 1.43 bits per heavy atom. The van der Waals surface area contributed by atoms with E-state index in [0.717, 1.165) is 12.1 Å². The Morgan fingerprint density at radius 1 is 0.893 bits per heavy atom. The van der Waals surface area contributed by atoms with Crippen molar-refractivity contribution in [3.63, 3.8) is 0 Å². The van der Waals surface area contributed by atoms with E-state index in [-0.39, 0.29) is 11.4 Å². The third kappa shape index (κ3) is 5.32. The summed E-state index contributed by atoms with van der Waals surface area (Å²) in [6.07, 6.45) is -4.69. The molecule has 0 bridgehead atoms.